The molecule has 0 N–H and O–H groups in total. The minimum absolute atomic E-state index is 0.0776. The van der Waals surface area contributed by atoms with Crippen LogP contribution in [0.3, 0.4) is 0 Å². The molecule has 1 saturated heterocycles. The first-order chi connectivity index (χ1) is 13.1. The summed E-state index contributed by atoms with van der Waals surface area (Å²) in [5.41, 5.74) is 1.57. The van der Waals surface area contributed by atoms with Crippen LogP contribution in [0.2, 0.25) is 5.02 Å². The van der Waals surface area contributed by atoms with Gasteiger partial charge in [0.2, 0.25) is 0 Å². The summed E-state index contributed by atoms with van der Waals surface area (Å²) >= 11 is 6.00. The highest BCUT2D eigenvalue weighted by molar-refractivity contribution is 6.30. The van der Waals surface area contributed by atoms with Gasteiger partial charge >= 0.3 is 0 Å². The Morgan fingerprint density at radius 1 is 1.30 bits per heavy atom. The van der Waals surface area contributed by atoms with Crippen LogP contribution in [0.1, 0.15) is 31.9 Å². The lowest BCUT2D eigenvalue weighted by Crippen LogP contribution is -2.40. The highest BCUT2D eigenvalue weighted by Gasteiger charge is 2.25. The third-order valence-electron chi connectivity index (χ3n) is 4.60. The number of carbonyl (C=O) groups is 1. The van der Waals surface area contributed by atoms with Crippen molar-refractivity contribution >= 4 is 23.2 Å². The van der Waals surface area contributed by atoms with Gasteiger partial charge in [0.05, 0.1) is 24.9 Å². The number of rotatable bonds is 7. The average molecular weight is 389 g/mol. The van der Waals surface area contributed by atoms with E-state index in [0.29, 0.717) is 18.2 Å². The minimum atomic E-state index is -0.574. The van der Waals surface area contributed by atoms with Crippen LogP contribution in [0.25, 0.3) is 0 Å². The molecule has 0 aliphatic carbocycles. The summed E-state index contributed by atoms with van der Waals surface area (Å²) in [6, 6.07) is 12.9. The topological polar surface area (TPSA) is 51.7 Å². The highest BCUT2D eigenvalue weighted by atomic mass is 35.5. The van der Waals surface area contributed by atoms with Gasteiger partial charge in [-0.1, -0.05) is 17.7 Å². The Morgan fingerprint density at radius 2 is 2.11 bits per heavy atom. The monoisotopic (exact) mass is 388 g/mol. The van der Waals surface area contributed by atoms with Crippen LogP contribution in [-0.2, 0) is 20.8 Å². The smallest absolute Gasteiger partial charge is 0.256 e. The Bertz CT molecular complexity index is 718. The second-order valence-corrected chi connectivity index (χ2v) is 7.12. The van der Waals surface area contributed by atoms with Crippen molar-refractivity contribution < 1.29 is 14.3 Å². The van der Waals surface area contributed by atoms with Crippen molar-refractivity contribution in [2.24, 2.45) is 0 Å². The first-order valence-corrected chi connectivity index (χ1v) is 9.71. The van der Waals surface area contributed by atoms with E-state index < -0.39 is 6.10 Å². The van der Waals surface area contributed by atoms with Crippen molar-refractivity contribution in [2.75, 3.05) is 18.1 Å². The SMILES string of the molecule is CC(OCC1CCCCO1)C(=O)N(Cc1ccccn1)c1ccc(Cl)cc1. The second-order valence-electron chi connectivity index (χ2n) is 6.69. The molecule has 2 unspecified atom stereocenters. The van der Waals surface area contributed by atoms with Crippen LogP contribution in [-0.4, -0.2) is 36.3 Å². The number of hydrogen-bond donors (Lipinski definition) is 0. The summed E-state index contributed by atoms with van der Waals surface area (Å²) in [5, 5.41) is 0.628. The molecule has 0 spiro atoms. The molecule has 0 radical (unpaired) electrons. The predicted molar refractivity (Wildman–Crippen MR) is 106 cm³/mol. The number of pyridine rings is 1. The summed E-state index contributed by atoms with van der Waals surface area (Å²) in [7, 11) is 0. The van der Waals surface area contributed by atoms with E-state index in [4.69, 9.17) is 21.1 Å². The van der Waals surface area contributed by atoms with Crippen LogP contribution in [0.5, 0.6) is 0 Å². The first kappa shape index (κ1) is 19.8. The Labute approximate surface area is 165 Å². The number of carbonyl (C=O) groups excluding carboxylic acids is 1. The molecule has 5 nitrogen and oxygen atoms in total. The van der Waals surface area contributed by atoms with Gasteiger partial charge < -0.3 is 14.4 Å². The Kier molecular flexibility index (Phi) is 7.21. The molecule has 1 aromatic carbocycles. The summed E-state index contributed by atoms with van der Waals surface area (Å²) < 4.78 is 11.5. The zero-order valence-electron chi connectivity index (χ0n) is 15.5. The van der Waals surface area contributed by atoms with Crippen molar-refractivity contribution in [2.45, 2.75) is 44.9 Å². The fourth-order valence-electron chi connectivity index (χ4n) is 3.05. The third-order valence-corrected chi connectivity index (χ3v) is 4.86. The third kappa shape index (κ3) is 5.76. The number of anilines is 1. The van der Waals surface area contributed by atoms with Crippen molar-refractivity contribution in [1.29, 1.82) is 0 Å². The van der Waals surface area contributed by atoms with Gasteiger partial charge in [-0.15, -0.1) is 0 Å². The second kappa shape index (κ2) is 9.83. The van der Waals surface area contributed by atoms with Gasteiger partial charge in [-0.3, -0.25) is 9.78 Å². The van der Waals surface area contributed by atoms with Gasteiger partial charge in [0.25, 0.3) is 5.91 Å². The highest BCUT2D eigenvalue weighted by Crippen LogP contribution is 2.22. The fourth-order valence-corrected chi connectivity index (χ4v) is 3.18. The van der Waals surface area contributed by atoms with Gasteiger partial charge in [-0.05, 0) is 62.6 Å². The zero-order chi connectivity index (χ0) is 19.1. The number of ether oxygens (including phenoxy) is 2. The van der Waals surface area contributed by atoms with Gasteiger partial charge in [0.1, 0.15) is 6.10 Å². The van der Waals surface area contributed by atoms with E-state index in [2.05, 4.69) is 4.98 Å². The molecule has 0 saturated carbocycles. The molecule has 2 heterocycles. The van der Waals surface area contributed by atoms with E-state index in [0.717, 1.165) is 37.3 Å². The van der Waals surface area contributed by atoms with Crippen LogP contribution < -0.4 is 4.90 Å². The van der Waals surface area contributed by atoms with Crippen molar-refractivity contribution in [3.63, 3.8) is 0 Å². The quantitative estimate of drug-likeness (QED) is 0.711. The Hall–Kier alpha value is -1.95. The largest absolute Gasteiger partial charge is 0.376 e. The lowest BCUT2D eigenvalue weighted by Gasteiger charge is -2.28. The predicted octanol–water partition coefficient (Wildman–Crippen LogP) is 4.24. The number of benzene rings is 1. The summed E-state index contributed by atoms with van der Waals surface area (Å²) in [5.74, 6) is -0.112. The van der Waals surface area contributed by atoms with Crippen molar-refractivity contribution in [3.8, 4) is 0 Å². The molecule has 0 bridgehead atoms. The van der Waals surface area contributed by atoms with Gasteiger partial charge in [-0.25, -0.2) is 0 Å². The Morgan fingerprint density at radius 3 is 2.78 bits per heavy atom. The molecule has 1 aliphatic rings. The molecule has 1 fully saturated rings. The van der Waals surface area contributed by atoms with Crippen molar-refractivity contribution in [1.82, 2.24) is 4.98 Å². The van der Waals surface area contributed by atoms with Gasteiger partial charge in [0.15, 0.2) is 0 Å². The molecule has 3 rings (SSSR count). The summed E-state index contributed by atoms with van der Waals surface area (Å²) in [6.07, 6.45) is 4.45. The van der Waals surface area contributed by atoms with Crippen LogP contribution in [0, 0.1) is 0 Å². The maximum Gasteiger partial charge on any atom is 0.256 e. The minimum Gasteiger partial charge on any atom is -0.376 e. The molecular weight excluding hydrogens is 364 g/mol. The van der Waals surface area contributed by atoms with E-state index in [1.807, 2.05) is 30.3 Å². The van der Waals surface area contributed by atoms with Gasteiger partial charge in [-0.2, -0.15) is 0 Å². The van der Waals surface area contributed by atoms with E-state index in [1.165, 1.54) is 0 Å². The molecule has 1 amide bonds. The molecule has 27 heavy (non-hydrogen) atoms. The number of halogens is 1. The van der Waals surface area contributed by atoms with E-state index in [-0.39, 0.29) is 12.0 Å². The van der Waals surface area contributed by atoms with Crippen LogP contribution in [0.4, 0.5) is 5.69 Å². The summed E-state index contributed by atoms with van der Waals surface area (Å²) in [6.45, 7) is 3.36. The van der Waals surface area contributed by atoms with Crippen LogP contribution >= 0.6 is 11.6 Å². The average Bonchev–Trinajstić information content (AvgIpc) is 2.72. The normalized spacial score (nSPS) is 18.1. The van der Waals surface area contributed by atoms with Gasteiger partial charge in [0, 0.05) is 23.5 Å². The van der Waals surface area contributed by atoms with E-state index in [9.17, 15) is 4.79 Å². The maximum atomic E-state index is 13.1. The number of nitrogens with zero attached hydrogens (tertiary/aromatic N) is 2. The maximum absolute atomic E-state index is 13.1. The fraction of sp³-hybridized carbons (Fsp3) is 0.429. The van der Waals surface area contributed by atoms with E-state index >= 15 is 0 Å². The number of amides is 1. The lowest BCUT2D eigenvalue weighted by molar-refractivity contribution is -0.133. The molecule has 2 atom stereocenters. The molecular formula is C21H25ClN2O3. The number of hydrogen-bond acceptors (Lipinski definition) is 4. The Balaban J connectivity index is 1.70. The van der Waals surface area contributed by atoms with Crippen LogP contribution in [0.15, 0.2) is 48.7 Å². The lowest BCUT2D eigenvalue weighted by atomic mass is 10.1. The van der Waals surface area contributed by atoms with Crippen molar-refractivity contribution in [3.05, 3.63) is 59.4 Å². The standard InChI is InChI=1S/C21H25ClN2O3/c1-16(27-15-20-7-3-5-13-26-20)21(25)24(14-18-6-2-4-12-23-18)19-10-8-17(22)9-11-19/h2,4,6,8-12,16,20H,3,5,7,13-15H2,1H3. The molecule has 1 aromatic heterocycles. The summed E-state index contributed by atoms with van der Waals surface area (Å²) in [4.78, 5) is 19.1. The molecule has 1 aliphatic heterocycles. The number of aromatic nitrogens is 1. The zero-order valence-corrected chi connectivity index (χ0v) is 16.3. The first-order valence-electron chi connectivity index (χ1n) is 9.33. The van der Waals surface area contributed by atoms with E-state index in [1.54, 1.807) is 30.2 Å². The molecule has 2 aromatic rings. The molecule has 6 heteroatoms. The molecule has 144 valence electrons.